The van der Waals surface area contributed by atoms with Crippen molar-refractivity contribution in [1.82, 2.24) is 0 Å². The molecule has 3 aliphatic rings. The third-order valence-corrected chi connectivity index (χ3v) is 6.52. The Morgan fingerprint density at radius 3 is 2.67 bits per heavy atom. The number of esters is 1. The predicted octanol–water partition coefficient (Wildman–Crippen LogP) is 1.65. The second-order valence-corrected chi connectivity index (χ2v) is 7.70. The van der Waals surface area contributed by atoms with E-state index >= 15 is 0 Å². The molecule has 1 saturated heterocycles. The number of aliphatic carboxylic acids is 1. The molecule has 2 aliphatic carbocycles. The van der Waals surface area contributed by atoms with Gasteiger partial charge < -0.3 is 15.6 Å². The number of hydrogen-bond acceptors (Lipinski definition) is 4. The summed E-state index contributed by atoms with van der Waals surface area (Å²) in [6.07, 6.45) is 2.14. The van der Waals surface area contributed by atoms with Crippen LogP contribution in [0.1, 0.15) is 40.0 Å². The first-order valence-corrected chi connectivity index (χ1v) is 7.94. The van der Waals surface area contributed by atoms with Crippen LogP contribution in [0.15, 0.2) is 0 Å². The molecule has 118 valence electrons. The standard InChI is InChI=1S/C16H25NO4/c1-7-12-9(15(20)21-7)6-10-8(13(12)14(18)19)4-5-11(17)16(10,2)3/h7-13H,4-6,17H2,1-3H3,(H,18,19)/t7-,8-,9-,10+,11?,12-,13+/m1/s1. The average Bonchev–Trinajstić information content (AvgIpc) is 2.68. The first-order valence-electron chi connectivity index (χ1n) is 7.94. The fourth-order valence-electron chi connectivity index (χ4n) is 5.22. The first-order chi connectivity index (χ1) is 9.75. The molecule has 1 aliphatic heterocycles. The Kier molecular flexibility index (Phi) is 3.32. The van der Waals surface area contributed by atoms with Crippen LogP contribution in [0.4, 0.5) is 0 Å². The van der Waals surface area contributed by atoms with Crippen molar-refractivity contribution in [3.8, 4) is 0 Å². The van der Waals surface area contributed by atoms with Gasteiger partial charge in [-0.15, -0.1) is 0 Å². The van der Waals surface area contributed by atoms with E-state index in [0.717, 1.165) is 19.3 Å². The molecule has 5 nitrogen and oxygen atoms in total. The Bertz CT molecular complexity index is 475. The van der Waals surface area contributed by atoms with Crippen molar-refractivity contribution >= 4 is 11.9 Å². The Morgan fingerprint density at radius 1 is 1.38 bits per heavy atom. The van der Waals surface area contributed by atoms with Crippen molar-refractivity contribution in [2.24, 2.45) is 40.7 Å². The van der Waals surface area contributed by atoms with Gasteiger partial charge in [0.15, 0.2) is 0 Å². The van der Waals surface area contributed by atoms with Gasteiger partial charge in [0.05, 0.1) is 11.8 Å². The van der Waals surface area contributed by atoms with Gasteiger partial charge in [-0.05, 0) is 43.4 Å². The zero-order valence-corrected chi connectivity index (χ0v) is 12.9. The molecule has 3 N–H and O–H groups in total. The molecule has 0 bridgehead atoms. The zero-order valence-electron chi connectivity index (χ0n) is 12.9. The molecule has 2 saturated carbocycles. The summed E-state index contributed by atoms with van der Waals surface area (Å²) in [7, 11) is 0. The largest absolute Gasteiger partial charge is 0.481 e. The van der Waals surface area contributed by atoms with Crippen LogP contribution in [0, 0.1) is 35.0 Å². The van der Waals surface area contributed by atoms with Crippen molar-refractivity contribution in [3.63, 3.8) is 0 Å². The number of fused-ring (bicyclic) bond motifs is 2. The average molecular weight is 295 g/mol. The number of cyclic esters (lactones) is 1. The second-order valence-electron chi connectivity index (χ2n) is 7.70. The van der Waals surface area contributed by atoms with Crippen molar-refractivity contribution < 1.29 is 19.4 Å². The fraction of sp³-hybridized carbons (Fsp3) is 0.875. The Labute approximate surface area is 125 Å². The van der Waals surface area contributed by atoms with Crippen LogP contribution < -0.4 is 5.73 Å². The van der Waals surface area contributed by atoms with Gasteiger partial charge in [0.2, 0.25) is 0 Å². The number of carbonyl (C=O) groups is 2. The minimum Gasteiger partial charge on any atom is -0.481 e. The first kappa shape index (κ1) is 14.8. The van der Waals surface area contributed by atoms with Crippen LogP contribution in [-0.2, 0) is 14.3 Å². The minimum absolute atomic E-state index is 0.0691. The van der Waals surface area contributed by atoms with E-state index in [1.807, 2.05) is 6.92 Å². The molecular formula is C16H25NO4. The Morgan fingerprint density at radius 2 is 2.05 bits per heavy atom. The number of carbonyl (C=O) groups excluding carboxylic acids is 1. The fourth-order valence-corrected chi connectivity index (χ4v) is 5.22. The molecular weight excluding hydrogens is 270 g/mol. The molecule has 3 rings (SSSR count). The monoisotopic (exact) mass is 295 g/mol. The lowest BCUT2D eigenvalue weighted by molar-refractivity contribution is -0.157. The predicted molar refractivity (Wildman–Crippen MR) is 76.2 cm³/mol. The minimum atomic E-state index is -0.781. The number of nitrogens with two attached hydrogens (primary N) is 1. The van der Waals surface area contributed by atoms with E-state index in [1.54, 1.807) is 0 Å². The SMILES string of the molecule is C[C@H]1OC(=O)[C@@H]2C[C@H]3[C@@H](CCC(N)C3(C)C)[C@H](C(=O)O)[C@H]12. The summed E-state index contributed by atoms with van der Waals surface area (Å²) in [5.41, 5.74) is 6.15. The van der Waals surface area contributed by atoms with Gasteiger partial charge in [-0.25, -0.2) is 0 Å². The number of carboxylic acid groups (broad SMARTS) is 1. The van der Waals surface area contributed by atoms with Gasteiger partial charge in [0.25, 0.3) is 0 Å². The Balaban J connectivity index is 2.01. The normalized spacial score (nSPS) is 48.2. The maximum Gasteiger partial charge on any atom is 0.309 e. The van der Waals surface area contributed by atoms with Crippen molar-refractivity contribution in [1.29, 1.82) is 0 Å². The lowest BCUT2D eigenvalue weighted by atomic mass is 9.50. The molecule has 5 heteroatoms. The van der Waals surface area contributed by atoms with Crippen molar-refractivity contribution in [2.75, 3.05) is 0 Å². The third kappa shape index (κ3) is 2.00. The molecule has 0 radical (unpaired) electrons. The number of hydrogen-bond donors (Lipinski definition) is 2. The molecule has 0 amide bonds. The van der Waals surface area contributed by atoms with E-state index < -0.39 is 11.9 Å². The van der Waals surface area contributed by atoms with Crippen LogP contribution in [0.5, 0.6) is 0 Å². The van der Waals surface area contributed by atoms with E-state index in [0.29, 0.717) is 0 Å². The highest BCUT2D eigenvalue weighted by molar-refractivity contribution is 5.79. The van der Waals surface area contributed by atoms with Gasteiger partial charge in [0, 0.05) is 12.0 Å². The highest BCUT2D eigenvalue weighted by atomic mass is 16.6. The molecule has 1 unspecified atom stereocenters. The molecule has 7 atom stereocenters. The van der Waals surface area contributed by atoms with E-state index in [4.69, 9.17) is 10.5 Å². The van der Waals surface area contributed by atoms with Crippen LogP contribution in [0.2, 0.25) is 0 Å². The van der Waals surface area contributed by atoms with E-state index in [1.165, 1.54) is 0 Å². The highest BCUT2D eigenvalue weighted by Gasteiger charge is 2.60. The van der Waals surface area contributed by atoms with Gasteiger partial charge in [0.1, 0.15) is 6.10 Å². The third-order valence-electron chi connectivity index (χ3n) is 6.52. The summed E-state index contributed by atoms with van der Waals surface area (Å²) in [6, 6.07) is 0.0691. The van der Waals surface area contributed by atoms with Gasteiger partial charge in [-0.2, -0.15) is 0 Å². The van der Waals surface area contributed by atoms with Gasteiger partial charge >= 0.3 is 11.9 Å². The number of carboxylic acids is 1. The Hall–Kier alpha value is -1.10. The van der Waals surface area contributed by atoms with E-state index in [9.17, 15) is 14.7 Å². The topological polar surface area (TPSA) is 89.6 Å². The van der Waals surface area contributed by atoms with Crippen molar-refractivity contribution in [2.45, 2.75) is 52.2 Å². The quantitative estimate of drug-likeness (QED) is 0.718. The summed E-state index contributed by atoms with van der Waals surface area (Å²) < 4.78 is 5.36. The maximum absolute atomic E-state index is 12.1. The highest BCUT2D eigenvalue weighted by Crippen LogP contribution is 2.57. The lowest BCUT2D eigenvalue weighted by Gasteiger charge is -2.54. The summed E-state index contributed by atoms with van der Waals surface area (Å²) >= 11 is 0. The van der Waals surface area contributed by atoms with E-state index in [-0.39, 0.29) is 47.2 Å². The van der Waals surface area contributed by atoms with Crippen LogP contribution in [0.3, 0.4) is 0 Å². The van der Waals surface area contributed by atoms with Crippen LogP contribution >= 0.6 is 0 Å². The smallest absolute Gasteiger partial charge is 0.309 e. The van der Waals surface area contributed by atoms with Crippen LogP contribution in [-0.4, -0.2) is 29.2 Å². The molecule has 0 aromatic rings. The molecule has 0 aromatic heterocycles. The molecule has 0 spiro atoms. The second kappa shape index (κ2) is 4.70. The van der Waals surface area contributed by atoms with Crippen LogP contribution in [0.25, 0.3) is 0 Å². The maximum atomic E-state index is 12.1. The number of rotatable bonds is 1. The zero-order chi connectivity index (χ0) is 15.5. The molecule has 0 aromatic carbocycles. The summed E-state index contributed by atoms with van der Waals surface area (Å²) in [5.74, 6) is -1.64. The van der Waals surface area contributed by atoms with Gasteiger partial charge in [-0.3, -0.25) is 9.59 Å². The summed E-state index contributed by atoms with van der Waals surface area (Å²) in [4.78, 5) is 24.0. The molecule has 1 heterocycles. The summed E-state index contributed by atoms with van der Waals surface area (Å²) in [6.45, 7) is 6.08. The number of ether oxygens (including phenoxy) is 1. The molecule has 21 heavy (non-hydrogen) atoms. The van der Waals surface area contributed by atoms with E-state index in [2.05, 4.69) is 13.8 Å². The van der Waals surface area contributed by atoms with Gasteiger partial charge in [-0.1, -0.05) is 13.8 Å². The summed E-state index contributed by atoms with van der Waals surface area (Å²) in [5, 5.41) is 9.77. The molecule has 3 fully saturated rings. The lowest BCUT2D eigenvalue weighted by Crippen LogP contribution is -2.57. The van der Waals surface area contributed by atoms with Crippen molar-refractivity contribution in [3.05, 3.63) is 0 Å².